The molecule has 0 amide bonds. The predicted molar refractivity (Wildman–Crippen MR) is 76.8 cm³/mol. The van der Waals surface area contributed by atoms with Crippen molar-refractivity contribution < 1.29 is 8.42 Å². The van der Waals surface area contributed by atoms with Crippen molar-refractivity contribution >= 4 is 31.6 Å². The van der Waals surface area contributed by atoms with Crippen LogP contribution in [0, 0.1) is 0 Å². The fraction of sp³-hybridized carbons (Fsp3) is 0.250. The highest BCUT2D eigenvalue weighted by molar-refractivity contribution is 9.10. The first-order valence-electron chi connectivity index (χ1n) is 5.87. The van der Waals surface area contributed by atoms with Gasteiger partial charge in [0.1, 0.15) is 0 Å². The molecule has 1 aliphatic rings. The molecule has 1 fully saturated rings. The first-order valence-corrected chi connectivity index (χ1v) is 8.21. The number of benzene rings is 1. The summed E-state index contributed by atoms with van der Waals surface area (Å²) < 4.78 is 29.1. The smallest absolute Gasteiger partial charge is 0.235 e. The molecule has 0 spiro atoms. The molecule has 0 unspecified atom stereocenters. The molecule has 1 aromatic heterocycles. The third-order valence-electron chi connectivity index (χ3n) is 2.92. The van der Waals surface area contributed by atoms with Crippen molar-refractivity contribution in [2.24, 2.45) is 0 Å². The lowest BCUT2D eigenvalue weighted by Crippen LogP contribution is -2.18. The van der Waals surface area contributed by atoms with E-state index in [1.54, 1.807) is 29.2 Å². The summed E-state index contributed by atoms with van der Waals surface area (Å²) in [7, 11) is -3.27. The number of nitrogens with one attached hydrogen (secondary N) is 1. The van der Waals surface area contributed by atoms with Gasteiger partial charge in [-0.05, 0) is 40.9 Å². The Labute approximate surface area is 119 Å². The van der Waals surface area contributed by atoms with Crippen molar-refractivity contribution in [1.29, 1.82) is 0 Å². The van der Waals surface area contributed by atoms with Crippen LogP contribution in [0.4, 0.5) is 5.69 Å². The average Bonchev–Trinajstić information content (AvgIpc) is 3.14. The Kier molecular flexibility index (Phi) is 3.10. The lowest BCUT2D eigenvalue weighted by molar-refractivity contribution is 0.600. The zero-order chi connectivity index (χ0) is 13.5. The van der Waals surface area contributed by atoms with Crippen LogP contribution in [0.15, 0.2) is 41.1 Å². The molecule has 0 bridgehead atoms. The molecule has 0 atom stereocenters. The van der Waals surface area contributed by atoms with Gasteiger partial charge in [0.15, 0.2) is 0 Å². The summed E-state index contributed by atoms with van der Waals surface area (Å²) in [5, 5.41) is 3.93. The van der Waals surface area contributed by atoms with E-state index in [-0.39, 0.29) is 5.25 Å². The van der Waals surface area contributed by atoms with Gasteiger partial charge in [-0.3, -0.25) is 4.72 Å². The minimum Gasteiger partial charge on any atom is -0.281 e. The van der Waals surface area contributed by atoms with E-state index in [0.717, 1.165) is 17.3 Å². The van der Waals surface area contributed by atoms with Gasteiger partial charge >= 0.3 is 0 Å². The summed E-state index contributed by atoms with van der Waals surface area (Å²) in [6, 6.07) is 7.21. The Morgan fingerprint density at radius 1 is 1.32 bits per heavy atom. The summed E-state index contributed by atoms with van der Waals surface area (Å²) in [6.45, 7) is 0. The second-order valence-electron chi connectivity index (χ2n) is 4.47. The van der Waals surface area contributed by atoms with E-state index in [4.69, 9.17) is 0 Å². The van der Waals surface area contributed by atoms with Crippen LogP contribution in [-0.2, 0) is 10.0 Å². The van der Waals surface area contributed by atoms with Crippen molar-refractivity contribution in [3.63, 3.8) is 0 Å². The molecule has 1 N–H and O–H groups in total. The number of nitrogens with zero attached hydrogens (tertiary/aromatic N) is 2. The van der Waals surface area contributed by atoms with Gasteiger partial charge in [0.05, 0.1) is 27.3 Å². The number of sulfonamides is 1. The third kappa shape index (κ3) is 2.66. The Morgan fingerprint density at radius 2 is 2.05 bits per heavy atom. The van der Waals surface area contributed by atoms with Gasteiger partial charge in [0.25, 0.3) is 0 Å². The minimum absolute atomic E-state index is 0.245. The lowest BCUT2D eigenvalue weighted by atomic mass is 10.3. The van der Waals surface area contributed by atoms with Crippen LogP contribution < -0.4 is 4.72 Å². The summed E-state index contributed by atoms with van der Waals surface area (Å²) in [5.41, 5.74) is 1.25. The van der Waals surface area contributed by atoms with E-state index in [0.29, 0.717) is 11.4 Å². The molecule has 19 heavy (non-hydrogen) atoms. The Hall–Kier alpha value is -1.34. The summed E-state index contributed by atoms with van der Waals surface area (Å²) in [6.07, 6.45) is 4.92. The number of hydrogen-bond donors (Lipinski definition) is 1. The fourth-order valence-corrected chi connectivity index (χ4v) is 3.50. The number of aromatic nitrogens is 2. The van der Waals surface area contributed by atoms with Crippen molar-refractivity contribution in [1.82, 2.24) is 9.78 Å². The summed E-state index contributed by atoms with van der Waals surface area (Å²) in [5.74, 6) is 0. The van der Waals surface area contributed by atoms with Crippen LogP contribution in [0.3, 0.4) is 0 Å². The van der Waals surface area contributed by atoms with E-state index in [1.165, 1.54) is 0 Å². The van der Waals surface area contributed by atoms with Gasteiger partial charge in [-0.25, -0.2) is 13.1 Å². The highest BCUT2D eigenvalue weighted by Crippen LogP contribution is 2.31. The molecule has 1 aromatic carbocycles. The molecule has 1 saturated carbocycles. The molecule has 5 nitrogen and oxygen atoms in total. The summed E-state index contributed by atoms with van der Waals surface area (Å²) >= 11 is 3.33. The van der Waals surface area contributed by atoms with E-state index < -0.39 is 10.0 Å². The van der Waals surface area contributed by atoms with E-state index in [9.17, 15) is 8.42 Å². The molecule has 7 heteroatoms. The zero-order valence-corrected chi connectivity index (χ0v) is 12.4. The molecule has 1 heterocycles. The minimum atomic E-state index is -3.27. The second-order valence-corrected chi connectivity index (χ2v) is 7.34. The largest absolute Gasteiger partial charge is 0.281 e. The Morgan fingerprint density at radius 3 is 2.68 bits per heavy atom. The third-order valence-corrected chi connectivity index (χ3v) is 5.18. The highest BCUT2D eigenvalue weighted by atomic mass is 79.9. The number of rotatable bonds is 4. The van der Waals surface area contributed by atoms with Crippen molar-refractivity contribution in [3.05, 3.63) is 41.1 Å². The molecule has 100 valence electrons. The zero-order valence-electron chi connectivity index (χ0n) is 9.95. The molecular weight excluding hydrogens is 330 g/mol. The van der Waals surface area contributed by atoms with E-state index >= 15 is 0 Å². The lowest BCUT2D eigenvalue weighted by Gasteiger charge is -2.11. The Balaban J connectivity index is 1.98. The Bertz CT molecular complexity index is 707. The van der Waals surface area contributed by atoms with Crippen LogP contribution in [0.25, 0.3) is 5.69 Å². The molecule has 0 aliphatic heterocycles. The van der Waals surface area contributed by atoms with Gasteiger partial charge in [-0.2, -0.15) is 5.10 Å². The average molecular weight is 342 g/mol. The fourth-order valence-electron chi connectivity index (χ4n) is 1.81. The monoisotopic (exact) mass is 341 g/mol. The summed E-state index contributed by atoms with van der Waals surface area (Å²) in [4.78, 5) is 0. The number of hydrogen-bond acceptors (Lipinski definition) is 3. The van der Waals surface area contributed by atoms with Crippen LogP contribution >= 0.6 is 15.9 Å². The van der Waals surface area contributed by atoms with Gasteiger partial charge in [-0.1, -0.05) is 12.1 Å². The standard InChI is InChI=1S/C12H12BrN3O2S/c13-9-7-14-16(8-9)12-4-2-1-3-11(12)15-19(17,18)10-5-6-10/h1-4,7-8,10,15H,5-6H2. The van der Waals surface area contributed by atoms with E-state index in [1.807, 2.05) is 12.1 Å². The van der Waals surface area contributed by atoms with Crippen LogP contribution in [-0.4, -0.2) is 23.4 Å². The van der Waals surface area contributed by atoms with Gasteiger partial charge < -0.3 is 0 Å². The van der Waals surface area contributed by atoms with Crippen LogP contribution in [0.5, 0.6) is 0 Å². The molecule has 0 radical (unpaired) electrons. The maximum absolute atomic E-state index is 12.0. The van der Waals surface area contributed by atoms with Gasteiger partial charge in [0, 0.05) is 6.20 Å². The number of para-hydroxylation sites is 2. The molecule has 0 saturated heterocycles. The second kappa shape index (κ2) is 4.64. The first kappa shape index (κ1) is 12.7. The predicted octanol–water partition coefficient (Wildman–Crippen LogP) is 2.54. The van der Waals surface area contributed by atoms with E-state index in [2.05, 4.69) is 25.8 Å². The maximum atomic E-state index is 12.0. The first-order chi connectivity index (χ1) is 9.06. The van der Waals surface area contributed by atoms with Crippen molar-refractivity contribution in [2.75, 3.05) is 4.72 Å². The molecule has 2 aromatic rings. The van der Waals surface area contributed by atoms with Crippen molar-refractivity contribution in [3.8, 4) is 5.69 Å². The highest BCUT2D eigenvalue weighted by Gasteiger charge is 2.36. The normalized spacial score (nSPS) is 15.4. The number of halogens is 1. The molecular formula is C12H12BrN3O2S. The van der Waals surface area contributed by atoms with Crippen LogP contribution in [0.1, 0.15) is 12.8 Å². The van der Waals surface area contributed by atoms with Crippen LogP contribution in [0.2, 0.25) is 0 Å². The molecule has 1 aliphatic carbocycles. The van der Waals surface area contributed by atoms with Crippen molar-refractivity contribution in [2.45, 2.75) is 18.1 Å². The quantitative estimate of drug-likeness (QED) is 0.929. The number of anilines is 1. The maximum Gasteiger partial charge on any atom is 0.235 e. The topological polar surface area (TPSA) is 64.0 Å². The SMILES string of the molecule is O=S(=O)(Nc1ccccc1-n1cc(Br)cn1)C1CC1. The molecule has 3 rings (SSSR count). The van der Waals surface area contributed by atoms with Gasteiger partial charge in [-0.15, -0.1) is 0 Å². The van der Waals surface area contributed by atoms with Gasteiger partial charge in [0.2, 0.25) is 10.0 Å².